The Bertz CT molecular complexity index is 1530. The normalized spacial score (nSPS) is 37.7. The highest BCUT2D eigenvalue weighted by molar-refractivity contribution is 6.01. The molecule has 1 amide bonds. The molecule has 6 rings (SSSR count). The molecule has 9 nitrogen and oxygen atoms in total. The Morgan fingerprint density at radius 3 is 2.53 bits per heavy atom. The smallest absolute Gasteiger partial charge is 0.306 e. The number of ketones is 2. The quantitative estimate of drug-likeness (QED) is 0.297. The Balaban J connectivity index is 1.00. The van der Waals surface area contributed by atoms with E-state index in [1.165, 1.54) is 5.56 Å². The molecule has 3 N–H and O–H groups in total. The summed E-state index contributed by atoms with van der Waals surface area (Å²) in [4.78, 5) is 51.1. The van der Waals surface area contributed by atoms with E-state index < -0.39 is 40.9 Å². The monoisotopic (exact) mass is 675 g/mol. The lowest BCUT2D eigenvalue weighted by atomic mass is 9.46. The molecule has 266 valence electrons. The van der Waals surface area contributed by atoms with E-state index in [0.717, 1.165) is 37.7 Å². The molecule has 1 aromatic carbocycles. The summed E-state index contributed by atoms with van der Waals surface area (Å²) in [7, 11) is 0. The molecule has 4 aliphatic carbocycles. The molecule has 3 saturated carbocycles. The van der Waals surface area contributed by atoms with Gasteiger partial charge in [0, 0.05) is 41.7 Å². The van der Waals surface area contributed by atoms with E-state index in [4.69, 9.17) is 9.47 Å². The van der Waals surface area contributed by atoms with Gasteiger partial charge in [0.2, 0.25) is 11.7 Å². The van der Waals surface area contributed by atoms with Gasteiger partial charge in [0.15, 0.2) is 12.4 Å². The van der Waals surface area contributed by atoms with Crippen molar-refractivity contribution in [3.63, 3.8) is 0 Å². The van der Waals surface area contributed by atoms with Gasteiger partial charge in [0.25, 0.3) is 0 Å². The topological polar surface area (TPSA) is 139 Å². The molecule has 1 saturated heterocycles. The van der Waals surface area contributed by atoms with E-state index in [2.05, 4.69) is 38.2 Å². The summed E-state index contributed by atoms with van der Waals surface area (Å²) in [5.41, 5.74) is -1.15. The van der Waals surface area contributed by atoms with Crippen LogP contribution >= 0.6 is 0 Å². The predicted octanol–water partition coefficient (Wildman–Crippen LogP) is 4.92. The van der Waals surface area contributed by atoms with Crippen LogP contribution in [-0.4, -0.2) is 70.7 Å². The van der Waals surface area contributed by atoms with E-state index in [-0.39, 0.29) is 66.1 Å². The van der Waals surface area contributed by atoms with Crippen LogP contribution < -0.4 is 5.32 Å². The number of carbonyl (C=O) groups excluding carboxylic acids is 4. The van der Waals surface area contributed by atoms with Crippen LogP contribution in [-0.2, 0) is 34.1 Å². The van der Waals surface area contributed by atoms with Gasteiger partial charge in [-0.15, -0.1) is 0 Å². The van der Waals surface area contributed by atoms with Crippen molar-refractivity contribution < 1.29 is 38.9 Å². The third-order valence-electron chi connectivity index (χ3n) is 13.2. The molecule has 4 fully saturated rings. The zero-order chi connectivity index (χ0) is 35.2. The fraction of sp³-hybridized carbons (Fsp3) is 0.650. The highest BCUT2D eigenvalue weighted by Crippen LogP contribution is 2.67. The van der Waals surface area contributed by atoms with Crippen LogP contribution in [0.1, 0.15) is 97.5 Å². The summed E-state index contributed by atoms with van der Waals surface area (Å²) in [5.74, 6) is -1.53. The van der Waals surface area contributed by atoms with E-state index >= 15 is 0 Å². The molecule has 0 unspecified atom stereocenters. The summed E-state index contributed by atoms with van der Waals surface area (Å²) < 4.78 is 11.3. The predicted molar refractivity (Wildman–Crippen MR) is 183 cm³/mol. The Hall–Kier alpha value is -3.14. The zero-order valence-corrected chi connectivity index (χ0v) is 29.5. The fourth-order valence-electron chi connectivity index (χ4n) is 10.7. The number of esters is 1. The van der Waals surface area contributed by atoms with Crippen molar-refractivity contribution in [1.82, 2.24) is 5.32 Å². The summed E-state index contributed by atoms with van der Waals surface area (Å²) in [6.45, 7) is 8.71. The number of fused-ring (bicyclic) bond motifs is 5. The van der Waals surface area contributed by atoms with E-state index in [1.54, 1.807) is 12.2 Å². The lowest BCUT2D eigenvalue weighted by molar-refractivity contribution is -0.181. The summed E-state index contributed by atoms with van der Waals surface area (Å²) in [5, 5.41) is 26.5. The molecular weight excluding hydrogens is 622 g/mol. The van der Waals surface area contributed by atoms with Gasteiger partial charge in [0.05, 0.1) is 18.1 Å². The molecule has 5 aliphatic rings. The van der Waals surface area contributed by atoms with Crippen LogP contribution in [0.25, 0.3) is 0 Å². The van der Waals surface area contributed by atoms with Crippen LogP contribution in [0.4, 0.5) is 0 Å². The average Bonchev–Trinajstić information content (AvgIpc) is 3.33. The van der Waals surface area contributed by atoms with Crippen LogP contribution in [0.3, 0.4) is 0 Å². The number of hydrogen-bond acceptors (Lipinski definition) is 8. The number of hydrogen-bond donors (Lipinski definition) is 3. The van der Waals surface area contributed by atoms with Gasteiger partial charge in [-0.1, -0.05) is 55.8 Å². The summed E-state index contributed by atoms with van der Waals surface area (Å²) >= 11 is 0. The SMILES string of the molecule is CC1(C)C[C@](CCNC(=O)CCC(=O)OCC(=O)[C@@]2(O)CC[C@@H]3[C@H]4CCC5=CC(=O)C=C[C@]5(C)[C@H]4[C@@H](O)C[C@@]32C)(c2ccccc2)CCO1. The maximum atomic E-state index is 13.6. The molecule has 0 spiro atoms. The number of benzene rings is 1. The van der Waals surface area contributed by atoms with Crippen LogP contribution in [0, 0.1) is 28.6 Å². The minimum atomic E-state index is -1.73. The van der Waals surface area contributed by atoms with Crippen molar-refractivity contribution in [3.8, 4) is 0 Å². The molecular formula is C40H53NO8. The maximum Gasteiger partial charge on any atom is 0.306 e. The van der Waals surface area contributed by atoms with E-state index in [0.29, 0.717) is 19.6 Å². The largest absolute Gasteiger partial charge is 0.458 e. The van der Waals surface area contributed by atoms with E-state index in [1.807, 2.05) is 31.2 Å². The Kier molecular flexibility index (Phi) is 9.61. The first-order valence-electron chi connectivity index (χ1n) is 18.1. The maximum absolute atomic E-state index is 13.6. The Morgan fingerprint density at radius 1 is 1.04 bits per heavy atom. The molecule has 0 radical (unpaired) electrons. The number of amides is 1. The van der Waals surface area contributed by atoms with Crippen LogP contribution in [0.5, 0.6) is 0 Å². The molecule has 1 heterocycles. The number of carbonyl (C=O) groups is 4. The van der Waals surface area contributed by atoms with Gasteiger partial charge < -0.3 is 25.0 Å². The van der Waals surface area contributed by atoms with Gasteiger partial charge in [0.1, 0.15) is 5.60 Å². The van der Waals surface area contributed by atoms with Gasteiger partial charge in [-0.2, -0.15) is 0 Å². The number of allylic oxidation sites excluding steroid dienone is 4. The van der Waals surface area contributed by atoms with Gasteiger partial charge in [-0.05, 0) is 94.8 Å². The molecule has 1 aliphatic heterocycles. The molecule has 9 heteroatoms. The number of ether oxygens (including phenoxy) is 2. The summed E-state index contributed by atoms with van der Waals surface area (Å²) in [6, 6.07) is 10.3. The molecule has 0 aromatic heterocycles. The van der Waals surface area contributed by atoms with Crippen LogP contribution in [0.15, 0.2) is 54.1 Å². The van der Waals surface area contributed by atoms with Gasteiger partial charge in [-0.3, -0.25) is 19.2 Å². The number of nitrogens with one attached hydrogen (secondary N) is 1. The molecule has 0 bridgehead atoms. The van der Waals surface area contributed by atoms with Crippen molar-refractivity contribution in [3.05, 3.63) is 59.7 Å². The first-order valence-corrected chi connectivity index (χ1v) is 18.1. The lowest BCUT2D eigenvalue weighted by Crippen LogP contribution is -2.61. The van der Waals surface area contributed by atoms with Crippen molar-refractivity contribution in [2.75, 3.05) is 19.8 Å². The highest BCUT2D eigenvalue weighted by Gasteiger charge is 2.68. The molecule has 1 aromatic rings. The number of rotatable bonds is 10. The Morgan fingerprint density at radius 2 is 1.80 bits per heavy atom. The first kappa shape index (κ1) is 35.7. The first-order chi connectivity index (χ1) is 23.1. The molecule has 8 atom stereocenters. The fourth-order valence-corrected chi connectivity index (χ4v) is 10.7. The third-order valence-corrected chi connectivity index (χ3v) is 13.2. The summed E-state index contributed by atoms with van der Waals surface area (Å²) in [6.07, 6.45) is 9.33. The lowest BCUT2D eigenvalue weighted by Gasteiger charge is -2.59. The van der Waals surface area contributed by atoms with Crippen LogP contribution in [0.2, 0.25) is 0 Å². The van der Waals surface area contributed by atoms with Crippen molar-refractivity contribution >= 4 is 23.4 Å². The van der Waals surface area contributed by atoms with Crippen molar-refractivity contribution in [2.24, 2.45) is 28.6 Å². The zero-order valence-electron chi connectivity index (χ0n) is 29.5. The minimum Gasteiger partial charge on any atom is -0.458 e. The Labute approximate surface area is 289 Å². The second kappa shape index (κ2) is 13.2. The average molecular weight is 676 g/mol. The third kappa shape index (κ3) is 6.47. The standard InChI is InChI=1S/C40H53NO8/c1-36(2)25-39(19-21-49-36,26-8-6-5-7-9-26)18-20-41-33(45)12-13-34(46)48-24-32(44)40(47)17-15-30-29-11-10-27-22-28(42)14-16-37(27,3)35(29)31(43)23-38(30,40)4/h5-9,14,16,22,29-31,35,43,47H,10-13,15,17-21,23-25H2,1-4H3,(H,41,45)/t29-,30-,31+,35-,37+,38+,39-,40+/m1/s1. The number of Topliss-reactive ketones (excluding diaryl/α,β-unsaturated/α-hetero) is 1. The number of aliphatic hydroxyl groups is 2. The molecule has 49 heavy (non-hydrogen) atoms. The van der Waals surface area contributed by atoms with Gasteiger partial charge in [-0.25, -0.2) is 0 Å². The van der Waals surface area contributed by atoms with Crippen molar-refractivity contribution in [2.45, 2.75) is 115 Å². The van der Waals surface area contributed by atoms with Gasteiger partial charge >= 0.3 is 5.97 Å². The number of aliphatic hydroxyl groups excluding tert-OH is 1. The van der Waals surface area contributed by atoms with E-state index in [9.17, 15) is 29.4 Å². The minimum absolute atomic E-state index is 0.00638. The second-order valence-electron chi connectivity index (χ2n) is 16.5. The highest BCUT2D eigenvalue weighted by atomic mass is 16.5. The second-order valence-corrected chi connectivity index (χ2v) is 16.5. The van der Waals surface area contributed by atoms with Crippen molar-refractivity contribution in [1.29, 1.82) is 0 Å².